The minimum atomic E-state index is -3.20. The molecule has 0 bridgehead atoms. The molecule has 22 heavy (non-hydrogen) atoms. The molecule has 118 valence electrons. The molecule has 1 unspecified atom stereocenters. The zero-order chi connectivity index (χ0) is 15.7. The van der Waals surface area contributed by atoms with Crippen LogP contribution < -0.4 is 0 Å². The fourth-order valence-electron chi connectivity index (χ4n) is 2.55. The van der Waals surface area contributed by atoms with Gasteiger partial charge < -0.3 is 4.42 Å². The number of aromatic nitrogens is 4. The number of rotatable bonds is 3. The molecule has 8 nitrogen and oxygen atoms in total. The van der Waals surface area contributed by atoms with Gasteiger partial charge in [0.2, 0.25) is 15.9 Å². The highest BCUT2D eigenvalue weighted by atomic mass is 32.2. The molecule has 2 aromatic heterocycles. The fourth-order valence-corrected chi connectivity index (χ4v) is 3.47. The summed E-state index contributed by atoms with van der Waals surface area (Å²) in [5.41, 5.74) is 1.45. The summed E-state index contributed by atoms with van der Waals surface area (Å²) >= 11 is 0. The summed E-state index contributed by atoms with van der Waals surface area (Å²) in [5, 5.41) is 8.13. The van der Waals surface area contributed by atoms with Gasteiger partial charge in [-0.2, -0.15) is 0 Å². The molecule has 9 heteroatoms. The first kappa shape index (κ1) is 15.0. The molecule has 1 fully saturated rings. The average molecular weight is 323 g/mol. The van der Waals surface area contributed by atoms with Crippen LogP contribution >= 0.6 is 0 Å². The molecular formula is C13H17N5O3S. The molecule has 0 amide bonds. The maximum Gasteiger partial charge on any atom is 0.251 e. The van der Waals surface area contributed by atoms with Crippen LogP contribution in [0.4, 0.5) is 0 Å². The molecule has 0 aromatic carbocycles. The lowest BCUT2D eigenvalue weighted by molar-refractivity contribution is 0.287. The van der Waals surface area contributed by atoms with Crippen LogP contribution in [-0.4, -0.2) is 52.2 Å². The van der Waals surface area contributed by atoms with Crippen molar-refractivity contribution < 1.29 is 12.8 Å². The number of piperidine rings is 1. The Labute approximate surface area is 128 Å². The number of hydrogen-bond acceptors (Lipinski definition) is 7. The highest BCUT2D eigenvalue weighted by Crippen LogP contribution is 2.29. The summed E-state index contributed by atoms with van der Waals surface area (Å²) < 4.78 is 30.5. The molecule has 0 saturated carbocycles. The van der Waals surface area contributed by atoms with E-state index in [9.17, 15) is 8.42 Å². The molecule has 0 spiro atoms. The Balaban J connectivity index is 1.84. The van der Waals surface area contributed by atoms with E-state index in [1.165, 1.54) is 16.9 Å². The van der Waals surface area contributed by atoms with E-state index in [2.05, 4.69) is 20.2 Å². The number of nitrogens with zero attached hydrogens (tertiary/aromatic N) is 5. The highest BCUT2D eigenvalue weighted by Gasteiger charge is 2.30. The third-order valence-corrected chi connectivity index (χ3v) is 5.05. The average Bonchev–Trinajstić information content (AvgIpc) is 2.97. The van der Waals surface area contributed by atoms with Gasteiger partial charge in [0.1, 0.15) is 6.33 Å². The normalized spacial score (nSPS) is 20.2. The summed E-state index contributed by atoms with van der Waals surface area (Å²) in [6.45, 7) is 2.76. The van der Waals surface area contributed by atoms with Crippen molar-refractivity contribution in [2.45, 2.75) is 25.7 Å². The van der Waals surface area contributed by atoms with Gasteiger partial charge in [-0.15, -0.1) is 10.2 Å². The van der Waals surface area contributed by atoms with Crippen LogP contribution in [0.5, 0.6) is 0 Å². The second-order valence-electron chi connectivity index (χ2n) is 5.43. The minimum Gasteiger partial charge on any atom is -0.420 e. The van der Waals surface area contributed by atoms with Gasteiger partial charge in [0.15, 0.2) is 0 Å². The predicted octanol–water partition coefficient (Wildman–Crippen LogP) is 0.974. The molecule has 2 aromatic rings. The summed E-state index contributed by atoms with van der Waals surface area (Å²) in [5.74, 6) is 0.755. The molecule has 3 heterocycles. The third-order valence-electron chi connectivity index (χ3n) is 3.78. The number of sulfonamides is 1. The van der Waals surface area contributed by atoms with E-state index in [1.54, 1.807) is 6.20 Å². The second kappa shape index (κ2) is 5.73. The third kappa shape index (κ3) is 3.00. The Hall–Kier alpha value is -1.87. The van der Waals surface area contributed by atoms with Crippen molar-refractivity contribution in [3.63, 3.8) is 0 Å². The van der Waals surface area contributed by atoms with Crippen molar-refractivity contribution in [1.82, 2.24) is 24.5 Å². The largest absolute Gasteiger partial charge is 0.420 e. The summed E-state index contributed by atoms with van der Waals surface area (Å²) in [4.78, 5) is 8.06. The minimum absolute atomic E-state index is 0.0744. The van der Waals surface area contributed by atoms with Gasteiger partial charge in [0.25, 0.3) is 5.89 Å². The van der Waals surface area contributed by atoms with E-state index < -0.39 is 10.0 Å². The Bertz CT molecular complexity index is 773. The fraction of sp³-hybridized carbons (Fsp3) is 0.538. The van der Waals surface area contributed by atoms with Crippen molar-refractivity contribution in [3.8, 4) is 11.5 Å². The van der Waals surface area contributed by atoms with Gasteiger partial charge in [0, 0.05) is 19.3 Å². The zero-order valence-corrected chi connectivity index (χ0v) is 13.2. The maximum atomic E-state index is 11.7. The van der Waals surface area contributed by atoms with Gasteiger partial charge in [-0.1, -0.05) is 0 Å². The monoisotopic (exact) mass is 323 g/mol. The number of aryl methyl sites for hydroxylation is 1. The smallest absolute Gasteiger partial charge is 0.251 e. The first-order valence-electron chi connectivity index (χ1n) is 7.00. The molecule has 0 radical (unpaired) electrons. The molecule has 0 N–H and O–H groups in total. The Morgan fingerprint density at radius 1 is 1.36 bits per heavy atom. The maximum absolute atomic E-state index is 11.7. The van der Waals surface area contributed by atoms with E-state index in [4.69, 9.17) is 4.42 Å². The van der Waals surface area contributed by atoms with Crippen LogP contribution in [0.3, 0.4) is 0 Å². The summed E-state index contributed by atoms with van der Waals surface area (Å²) in [6.07, 6.45) is 5.92. The van der Waals surface area contributed by atoms with Crippen molar-refractivity contribution in [3.05, 3.63) is 24.1 Å². The van der Waals surface area contributed by atoms with E-state index in [0.29, 0.717) is 30.4 Å². The lowest BCUT2D eigenvalue weighted by Crippen LogP contribution is -2.38. The lowest BCUT2D eigenvalue weighted by atomic mass is 10.00. The molecule has 1 saturated heterocycles. The van der Waals surface area contributed by atoms with Gasteiger partial charge in [-0.3, -0.25) is 0 Å². The molecular weight excluding hydrogens is 306 g/mol. The Morgan fingerprint density at radius 3 is 2.91 bits per heavy atom. The van der Waals surface area contributed by atoms with Crippen molar-refractivity contribution in [1.29, 1.82) is 0 Å². The molecule has 1 atom stereocenters. The van der Waals surface area contributed by atoms with E-state index >= 15 is 0 Å². The first-order chi connectivity index (χ1) is 10.4. The quantitative estimate of drug-likeness (QED) is 0.829. The topological polar surface area (TPSA) is 102 Å². The zero-order valence-electron chi connectivity index (χ0n) is 12.4. The van der Waals surface area contributed by atoms with Crippen LogP contribution in [0.25, 0.3) is 11.5 Å². The van der Waals surface area contributed by atoms with E-state index in [-0.39, 0.29) is 5.92 Å². The van der Waals surface area contributed by atoms with Gasteiger partial charge in [-0.05, 0) is 19.8 Å². The van der Waals surface area contributed by atoms with Crippen LogP contribution in [0.15, 0.2) is 16.9 Å². The predicted molar refractivity (Wildman–Crippen MR) is 78.5 cm³/mol. The molecule has 3 rings (SSSR count). The van der Waals surface area contributed by atoms with Crippen LogP contribution in [0, 0.1) is 6.92 Å². The molecule has 1 aliphatic rings. The molecule has 0 aliphatic carbocycles. The molecule has 1 aliphatic heterocycles. The van der Waals surface area contributed by atoms with E-state index in [0.717, 1.165) is 18.5 Å². The highest BCUT2D eigenvalue weighted by molar-refractivity contribution is 7.88. The second-order valence-corrected chi connectivity index (χ2v) is 7.41. The van der Waals surface area contributed by atoms with Crippen LogP contribution in [-0.2, 0) is 10.0 Å². The SMILES string of the molecule is Cc1ncncc1-c1nnc(C2CCCN(S(C)(=O)=O)C2)o1. The summed E-state index contributed by atoms with van der Waals surface area (Å²) in [7, 11) is -3.20. The Kier molecular flexibility index (Phi) is 3.92. The van der Waals surface area contributed by atoms with E-state index in [1.807, 2.05) is 6.92 Å². The van der Waals surface area contributed by atoms with Crippen LogP contribution in [0.1, 0.15) is 30.3 Å². The van der Waals surface area contributed by atoms with Gasteiger partial charge in [0.05, 0.1) is 23.4 Å². The lowest BCUT2D eigenvalue weighted by Gasteiger charge is -2.28. The van der Waals surface area contributed by atoms with Crippen molar-refractivity contribution in [2.24, 2.45) is 0 Å². The van der Waals surface area contributed by atoms with Crippen molar-refractivity contribution >= 4 is 10.0 Å². The standard InChI is InChI=1S/C13H17N5O3S/c1-9-11(6-14-8-15-9)13-17-16-12(21-13)10-4-3-5-18(7-10)22(2,19)20/h6,8,10H,3-5,7H2,1-2H3. The van der Waals surface area contributed by atoms with Gasteiger partial charge in [-0.25, -0.2) is 22.7 Å². The Morgan fingerprint density at radius 2 is 2.18 bits per heavy atom. The van der Waals surface area contributed by atoms with Crippen molar-refractivity contribution in [2.75, 3.05) is 19.3 Å². The van der Waals surface area contributed by atoms with Crippen LogP contribution in [0.2, 0.25) is 0 Å². The first-order valence-corrected chi connectivity index (χ1v) is 8.85. The summed E-state index contributed by atoms with van der Waals surface area (Å²) in [6, 6.07) is 0. The number of hydrogen-bond donors (Lipinski definition) is 0. The van der Waals surface area contributed by atoms with Gasteiger partial charge >= 0.3 is 0 Å².